The van der Waals surface area contributed by atoms with Gasteiger partial charge in [-0.3, -0.25) is 0 Å². The smallest absolute Gasteiger partial charge is 0.185 e. The first-order valence-electron chi connectivity index (χ1n) is 6.46. The Bertz CT molecular complexity index is 323. The molecule has 1 unspecified atom stereocenters. The van der Waals surface area contributed by atoms with Crippen LogP contribution in [0.1, 0.15) is 58.8 Å². The molecule has 1 heterocycles. The first-order chi connectivity index (χ1) is 8.06. The van der Waals surface area contributed by atoms with Crippen LogP contribution in [0.25, 0.3) is 0 Å². The molecule has 1 aromatic heterocycles. The van der Waals surface area contributed by atoms with E-state index in [-0.39, 0.29) is 0 Å². The van der Waals surface area contributed by atoms with Crippen molar-refractivity contribution in [2.24, 2.45) is 0 Å². The Hall–Kier alpha value is -0.610. The number of hydrogen-bond acceptors (Lipinski definition) is 4. The summed E-state index contributed by atoms with van der Waals surface area (Å²) >= 11 is 1.63. The lowest BCUT2D eigenvalue weighted by Crippen LogP contribution is -2.31. The molecule has 1 rings (SSSR count). The Morgan fingerprint density at radius 1 is 1.35 bits per heavy atom. The summed E-state index contributed by atoms with van der Waals surface area (Å²) in [6.45, 7) is 9.41. The zero-order valence-corrected chi connectivity index (χ0v) is 12.1. The molecule has 0 fully saturated rings. The minimum absolute atomic E-state index is 0.458. The Kier molecular flexibility index (Phi) is 5.92. The van der Waals surface area contributed by atoms with Crippen molar-refractivity contribution < 1.29 is 5.11 Å². The topological polar surface area (TPSA) is 36.4 Å². The van der Waals surface area contributed by atoms with Gasteiger partial charge < -0.3 is 10.0 Å². The zero-order chi connectivity index (χ0) is 12.8. The highest BCUT2D eigenvalue weighted by molar-refractivity contribution is 7.13. The lowest BCUT2D eigenvalue weighted by Gasteiger charge is -2.26. The molecule has 0 aliphatic heterocycles. The highest BCUT2D eigenvalue weighted by Crippen LogP contribution is 2.25. The lowest BCUT2D eigenvalue weighted by atomic mass is 10.2. The molecule has 1 aromatic rings. The fourth-order valence-electron chi connectivity index (χ4n) is 1.71. The number of hydrogen-bond donors (Lipinski definition) is 1. The highest BCUT2D eigenvalue weighted by Gasteiger charge is 2.15. The first-order valence-corrected chi connectivity index (χ1v) is 7.34. The second kappa shape index (κ2) is 6.97. The van der Waals surface area contributed by atoms with Crippen LogP contribution in [0.15, 0.2) is 5.38 Å². The Morgan fingerprint density at radius 2 is 2.06 bits per heavy atom. The molecule has 0 saturated heterocycles. The third-order valence-electron chi connectivity index (χ3n) is 2.81. The van der Waals surface area contributed by atoms with E-state index < -0.39 is 6.10 Å². The molecule has 3 nitrogen and oxygen atoms in total. The maximum Gasteiger partial charge on any atom is 0.185 e. The van der Waals surface area contributed by atoms with Gasteiger partial charge in [-0.15, -0.1) is 11.3 Å². The highest BCUT2D eigenvalue weighted by atomic mass is 32.1. The van der Waals surface area contributed by atoms with Gasteiger partial charge in [-0.25, -0.2) is 4.98 Å². The molecule has 1 atom stereocenters. The van der Waals surface area contributed by atoms with Crippen LogP contribution in [0.3, 0.4) is 0 Å². The summed E-state index contributed by atoms with van der Waals surface area (Å²) in [4.78, 5) is 6.83. The van der Waals surface area contributed by atoms with Crippen LogP contribution in [0, 0.1) is 0 Å². The Labute approximate surface area is 108 Å². The normalized spacial score (nSPS) is 13.1. The third-order valence-corrected chi connectivity index (χ3v) is 3.71. The van der Waals surface area contributed by atoms with Crippen molar-refractivity contribution >= 4 is 16.5 Å². The largest absolute Gasteiger partial charge is 0.387 e. The molecule has 0 radical (unpaired) electrons. The van der Waals surface area contributed by atoms with E-state index in [1.165, 1.54) is 19.3 Å². The first kappa shape index (κ1) is 14.5. The summed E-state index contributed by atoms with van der Waals surface area (Å²) in [6, 6.07) is 0.458. The van der Waals surface area contributed by atoms with Gasteiger partial charge in [0.15, 0.2) is 5.13 Å². The maximum absolute atomic E-state index is 9.50. The molecule has 4 heteroatoms. The van der Waals surface area contributed by atoms with Gasteiger partial charge in [0.1, 0.15) is 0 Å². The zero-order valence-electron chi connectivity index (χ0n) is 11.3. The van der Waals surface area contributed by atoms with Crippen molar-refractivity contribution in [2.75, 3.05) is 11.4 Å². The molecule has 0 aliphatic rings. The number of rotatable bonds is 7. The van der Waals surface area contributed by atoms with Crippen LogP contribution in [0.4, 0.5) is 5.13 Å². The maximum atomic E-state index is 9.50. The van der Waals surface area contributed by atoms with Crippen LogP contribution < -0.4 is 4.90 Å². The molecule has 0 spiro atoms. The lowest BCUT2D eigenvalue weighted by molar-refractivity contribution is 0.195. The summed E-state index contributed by atoms with van der Waals surface area (Å²) in [5, 5.41) is 12.5. The van der Waals surface area contributed by atoms with Crippen molar-refractivity contribution in [3.05, 3.63) is 11.1 Å². The third kappa shape index (κ3) is 4.28. The van der Waals surface area contributed by atoms with Gasteiger partial charge in [-0.05, 0) is 27.2 Å². The number of aliphatic hydroxyl groups excluding tert-OH is 1. The van der Waals surface area contributed by atoms with E-state index in [9.17, 15) is 5.11 Å². The standard InChI is InChI=1S/C13H24N2OS/c1-5-6-7-8-15(10(2)3)13-14-12(9-17-13)11(4)16/h9-11,16H,5-8H2,1-4H3. The molecular weight excluding hydrogens is 232 g/mol. The van der Waals surface area contributed by atoms with E-state index in [1.54, 1.807) is 18.3 Å². The van der Waals surface area contributed by atoms with Gasteiger partial charge in [0.05, 0.1) is 11.8 Å². The molecule has 0 amide bonds. The molecule has 0 aromatic carbocycles. The quantitative estimate of drug-likeness (QED) is 0.757. The molecule has 17 heavy (non-hydrogen) atoms. The van der Waals surface area contributed by atoms with Gasteiger partial charge in [-0.2, -0.15) is 0 Å². The minimum Gasteiger partial charge on any atom is -0.387 e. The summed E-state index contributed by atoms with van der Waals surface area (Å²) in [5.74, 6) is 0. The van der Waals surface area contributed by atoms with E-state index in [4.69, 9.17) is 0 Å². The predicted molar refractivity (Wildman–Crippen MR) is 74.8 cm³/mol. The van der Waals surface area contributed by atoms with Crippen LogP contribution >= 0.6 is 11.3 Å². The number of thiazole rings is 1. The van der Waals surface area contributed by atoms with Crippen molar-refractivity contribution in [2.45, 2.75) is 59.1 Å². The SMILES string of the molecule is CCCCCN(c1nc(C(C)O)cs1)C(C)C. The number of unbranched alkanes of at least 4 members (excludes halogenated alkanes) is 2. The molecule has 0 saturated carbocycles. The predicted octanol–water partition coefficient (Wildman–Crippen LogP) is 3.60. The van der Waals surface area contributed by atoms with E-state index in [1.807, 2.05) is 5.38 Å². The monoisotopic (exact) mass is 256 g/mol. The molecular formula is C13H24N2OS. The van der Waals surface area contributed by atoms with Gasteiger partial charge in [0, 0.05) is 18.0 Å². The van der Waals surface area contributed by atoms with Crippen LogP contribution in [0.5, 0.6) is 0 Å². The Balaban J connectivity index is 2.68. The van der Waals surface area contributed by atoms with E-state index in [2.05, 4.69) is 30.7 Å². The number of aliphatic hydroxyl groups is 1. The van der Waals surface area contributed by atoms with Crippen LogP contribution in [0.2, 0.25) is 0 Å². The van der Waals surface area contributed by atoms with E-state index in [0.717, 1.165) is 17.4 Å². The summed E-state index contributed by atoms with van der Waals surface area (Å²) < 4.78 is 0. The van der Waals surface area contributed by atoms with Gasteiger partial charge in [-0.1, -0.05) is 19.8 Å². The average molecular weight is 256 g/mol. The van der Waals surface area contributed by atoms with Crippen LogP contribution in [-0.4, -0.2) is 22.7 Å². The minimum atomic E-state index is -0.468. The van der Waals surface area contributed by atoms with Crippen molar-refractivity contribution in [1.29, 1.82) is 0 Å². The van der Waals surface area contributed by atoms with Gasteiger partial charge >= 0.3 is 0 Å². The summed E-state index contributed by atoms with van der Waals surface area (Å²) in [5.41, 5.74) is 0.783. The second-order valence-corrected chi connectivity index (χ2v) is 5.56. The second-order valence-electron chi connectivity index (χ2n) is 4.73. The number of anilines is 1. The molecule has 0 bridgehead atoms. The van der Waals surface area contributed by atoms with Gasteiger partial charge in [0.25, 0.3) is 0 Å². The fourth-order valence-corrected chi connectivity index (χ4v) is 2.78. The van der Waals surface area contributed by atoms with E-state index in [0.29, 0.717) is 6.04 Å². The van der Waals surface area contributed by atoms with Crippen molar-refractivity contribution in [3.63, 3.8) is 0 Å². The molecule has 1 N–H and O–H groups in total. The fraction of sp³-hybridized carbons (Fsp3) is 0.769. The summed E-state index contributed by atoms with van der Waals surface area (Å²) in [7, 11) is 0. The average Bonchev–Trinajstić information content (AvgIpc) is 2.73. The van der Waals surface area contributed by atoms with Gasteiger partial charge in [0.2, 0.25) is 0 Å². The van der Waals surface area contributed by atoms with E-state index >= 15 is 0 Å². The van der Waals surface area contributed by atoms with Crippen molar-refractivity contribution in [3.8, 4) is 0 Å². The van der Waals surface area contributed by atoms with Crippen molar-refractivity contribution in [1.82, 2.24) is 4.98 Å². The van der Waals surface area contributed by atoms with Crippen LogP contribution in [-0.2, 0) is 0 Å². The summed E-state index contributed by atoms with van der Waals surface area (Å²) in [6.07, 6.45) is 3.24. The number of nitrogens with zero attached hydrogens (tertiary/aromatic N) is 2. The molecule has 98 valence electrons. The molecule has 0 aliphatic carbocycles. The Morgan fingerprint density at radius 3 is 2.53 bits per heavy atom. The number of aromatic nitrogens is 1.